The molecule has 0 saturated heterocycles. The van der Waals surface area contributed by atoms with E-state index >= 15 is 0 Å². The minimum Gasteiger partial charge on any atom is -0.457 e. The van der Waals surface area contributed by atoms with Gasteiger partial charge in [-0.15, -0.1) is 0 Å². The van der Waals surface area contributed by atoms with Crippen LogP contribution in [0.25, 0.3) is 66.6 Å². The smallest absolute Gasteiger partial charge is 0.131 e. The van der Waals surface area contributed by atoms with Crippen molar-refractivity contribution < 1.29 is 9.47 Å². The predicted molar refractivity (Wildman–Crippen MR) is 434 cm³/mol. The van der Waals surface area contributed by atoms with Gasteiger partial charge >= 0.3 is 0 Å². The number of aryl methyl sites for hydroxylation is 5. The molecule has 0 atom stereocenters. The first-order valence-corrected chi connectivity index (χ1v) is 36.9. The van der Waals surface area contributed by atoms with Gasteiger partial charge in [0.05, 0.1) is 16.8 Å². The Hall–Kier alpha value is -10.7. The van der Waals surface area contributed by atoms with E-state index in [0.717, 1.165) is 35.8 Å². The highest BCUT2D eigenvalue weighted by atomic mass is 16.5. The molecule has 4 nitrogen and oxygen atoms in total. The second kappa shape index (κ2) is 26.0. The third-order valence-electron chi connectivity index (χ3n) is 25.0. The molecule has 4 heteroatoms. The van der Waals surface area contributed by atoms with Gasteiger partial charge in [-0.05, 0) is 339 Å². The van der Waals surface area contributed by atoms with Crippen molar-refractivity contribution in [1.29, 1.82) is 0 Å². The van der Waals surface area contributed by atoms with Crippen molar-refractivity contribution in [1.82, 2.24) is 9.97 Å². The van der Waals surface area contributed by atoms with Gasteiger partial charge in [0.25, 0.3) is 0 Å². The number of aromatic nitrogens is 2. The topological polar surface area (TPSA) is 50.0 Å². The molecule has 14 aromatic rings. The van der Waals surface area contributed by atoms with Crippen LogP contribution in [0.1, 0.15) is 164 Å². The van der Waals surface area contributed by atoms with Crippen molar-refractivity contribution in [3.05, 3.63) is 350 Å². The number of ether oxygens (including phenoxy) is 2. The summed E-state index contributed by atoms with van der Waals surface area (Å²) in [6, 6.07) is 71.4. The van der Waals surface area contributed by atoms with Crippen molar-refractivity contribution in [3.63, 3.8) is 0 Å². The summed E-state index contributed by atoms with van der Waals surface area (Å²) >= 11 is 0. The summed E-state index contributed by atoms with van der Waals surface area (Å²) in [5.74, 6) is 3.86. The third-order valence-corrected chi connectivity index (χ3v) is 25.0. The molecule has 2 aromatic heterocycles. The zero-order valence-electron chi connectivity index (χ0n) is 63.8. The Balaban J connectivity index is 0.000000106. The maximum absolute atomic E-state index is 5.99. The van der Waals surface area contributed by atoms with Crippen LogP contribution in [-0.4, -0.2) is 9.97 Å². The Labute approximate surface area is 610 Å². The van der Waals surface area contributed by atoms with Crippen LogP contribution >= 0.6 is 0 Å². The number of fused-ring (bicyclic) bond motifs is 22. The molecule has 514 valence electrons. The molecule has 5 aliphatic rings. The molecule has 0 saturated carbocycles. The van der Waals surface area contributed by atoms with Crippen LogP contribution in [0.3, 0.4) is 0 Å². The minimum absolute atomic E-state index is 0.0125. The lowest BCUT2D eigenvalue weighted by molar-refractivity contribution is 0.458. The summed E-state index contributed by atoms with van der Waals surface area (Å²) in [7, 11) is 0. The number of aromatic amines is 2. The Morgan fingerprint density at radius 2 is 0.835 bits per heavy atom. The number of nitrogens with one attached hydrogen (secondary N) is 2. The fourth-order valence-corrected chi connectivity index (χ4v) is 17.9. The monoisotopic (exact) mass is 1340 g/mol. The van der Waals surface area contributed by atoms with E-state index in [1.165, 1.54) is 211 Å². The standard InChI is InChI=1S/C28H22.C23H24N2.C17H18.C16H16O.C15H16O/c1-17-16-26-27(19(3)18(17)2)22-12-6-9-15-25(22)28(26)23-13-7-4-10-20(23)21-11-5-8-14-24(21)28;1-11-12(2)14(4)20-17(13(11)3)19-22(25-20)21-18(23(19,5)6)15-9-7-8-10-16(15)24-21;1-10-11(2)13(4)17-15-8-6-5-7-14(15)9-16(17)12(10)3;1-10-8-16-14(12(3)11(10)2)9-13-6-4-5-7-15(13)17-16;1-11-9-10-15(13(3)12(11)2)16-14-7-5-4-6-8-14/h4-16H,1-3H3;7-10,24-25H,1-6H3;5-8H,9H2,1-4H3;4-8H,9H2,1-3H3;4-10H,1-3H3. The van der Waals surface area contributed by atoms with Crippen LogP contribution in [0.4, 0.5) is 0 Å². The summed E-state index contributed by atoms with van der Waals surface area (Å²) < 4.78 is 11.8. The minimum atomic E-state index is -0.206. The second-order valence-corrected chi connectivity index (χ2v) is 30.5. The SMILES string of the molecule is Cc1c(C)c(C)c2c(c1C)Cc1ccccc1-2.Cc1c(C)c(C)c2c3c([nH]c2c1C)-c1[nH]c2ccccc2c1C3(C)C.Cc1cc2c(c(C)c1C)-c1ccccc1C21c2ccccc2-c2ccccc21.Cc1cc2c(c(C)c1C)Cc1ccccc1O2.Cc1ccc(Oc2ccccc2)c(C)c1C. The first-order valence-electron chi connectivity index (χ1n) is 36.9. The van der Waals surface area contributed by atoms with Crippen molar-refractivity contribution in [2.24, 2.45) is 0 Å². The van der Waals surface area contributed by atoms with Crippen molar-refractivity contribution >= 4 is 21.8 Å². The highest BCUT2D eigenvalue weighted by molar-refractivity contribution is 6.05. The molecule has 4 aliphatic carbocycles. The van der Waals surface area contributed by atoms with Gasteiger partial charge in [-0.25, -0.2) is 0 Å². The summed E-state index contributed by atoms with van der Waals surface area (Å²) in [4.78, 5) is 7.48. The van der Waals surface area contributed by atoms with E-state index < -0.39 is 0 Å². The number of H-pyrrole nitrogens is 2. The molecule has 19 rings (SSSR count). The average Bonchev–Trinajstić information content (AvgIpc) is 1.51. The highest BCUT2D eigenvalue weighted by Gasteiger charge is 2.52. The molecule has 12 aromatic carbocycles. The molecule has 2 N–H and O–H groups in total. The fourth-order valence-electron chi connectivity index (χ4n) is 17.9. The van der Waals surface area contributed by atoms with E-state index in [0.29, 0.717) is 0 Å². The number of para-hydroxylation sites is 3. The zero-order chi connectivity index (χ0) is 72.4. The number of benzene rings is 12. The van der Waals surface area contributed by atoms with E-state index in [1.807, 2.05) is 48.5 Å². The van der Waals surface area contributed by atoms with Gasteiger partial charge in [-0.2, -0.15) is 0 Å². The highest BCUT2D eigenvalue weighted by Crippen LogP contribution is 2.64. The van der Waals surface area contributed by atoms with E-state index in [9.17, 15) is 0 Å². The molecule has 0 bridgehead atoms. The molecular formula is C99H96N2O2. The van der Waals surface area contributed by atoms with Crippen LogP contribution in [0, 0.1) is 118 Å². The van der Waals surface area contributed by atoms with Crippen LogP contribution in [0.5, 0.6) is 23.0 Å². The summed E-state index contributed by atoms with van der Waals surface area (Å²) in [5, 5.41) is 2.77. The van der Waals surface area contributed by atoms with Gasteiger partial charge in [0.15, 0.2) is 0 Å². The Kier molecular flexibility index (Phi) is 17.2. The normalized spacial score (nSPS) is 13.3. The molecule has 3 heterocycles. The molecule has 103 heavy (non-hydrogen) atoms. The lowest BCUT2D eigenvalue weighted by Crippen LogP contribution is -2.26. The maximum atomic E-state index is 5.99. The lowest BCUT2D eigenvalue weighted by Gasteiger charge is -2.31. The zero-order valence-corrected chi connectivity index (χ0v) is 63.8. The van der Waals surface area contributed by atoms with E-state index in [1.54, 1.807) is 5.56 Å². The lowest BCUT2D eigenvalue weighted by atomic mass is 9.70. The Morgan fingerprint density at radius 3 is 1.52 bits per heavy atom. The van der Waals surface area contributed by atoms with Crippen LogP contribution in [0.2, 0.25) is 0 Å². The number of rotatable bonds is 2. The Morgan fingerprint density at radius 1 is 0.340 bits per heavy atom. The summed E-state index contributed by atoms with van der Waals surface area (Å²) in [6.45, 7) is 42.5. The largest absolute Gasteiger partial charge is 0.457 e. The van der Waals surface area contributed by atoms with E-state index in [4.69, 9.17) is 9.47 Å². The molecular weight excluding hydrogens is 1250 g/mol. The quantitative estimate of drug-likeness (QED) is 0.181. The van der Waals surface area contributed by atoms with Crippen molar-refractivity contribution in [2.45, 2.75) is 155 Å². The second-order valence-electron chi connectivity index (χ2n) is 30.5. The first kappa shape index (κ1) is 68.1. The van der Waals surface area contributed by atoms with Gasteiger partial charge in [-0.3, -0.25) is 0 Å². The number of hydrogen-bond acceptors (Lipinski definition) is 2. The van der Waals surface area contributed by atoms with E-state index in [2.05, 4.69) is 293 Å². The number of hydrogen-bond donors (Lipinski definition) is 2. The molecule has 0 amide bonds. The average molecular weight is 1350 g/mol. The first-order chi connectivity index (χ1) is 49.4. The fraction of sp³-hybridized carbons (Fsp3) is 0.232. The van der Waals surface area contributed by atoms with Crippen LogP contribution in [-0.2, 0) is 23.7 Å². The molecule has 0 radical (unpaired) electrons. The molecule has 1 spiro atoms. The van der Waals surface area contributed by atoms with Crippen LogP contribution < -0.4 is 9.47 Å². The van der Waals surface area contributed by atoms with Gasteiger partial charge in [0.1, 0.15) is 23.0 Å². The maximum Gasteiger partial charge on any atom is 0.131 e. The summed E-state index contributed by atoms with van der Waals surface area (Å²) in [5.41, 5.74) is 51.2. The van der Waals surface area contributed by atoms with E-state index in [-0.39, 0.29) is 10.8 Å². The van der Waals surface area contributed by atoms with Gasteiger partial charge in [0.2, 0.25) is 0 Å². The summed E-state index contributed by atoms with van der Waals surface area (Å²) in [6.07, 6.45) is 2.09. The molecule has 0 unspecified atom stereocenters. The van der Waals surface area contributed by atoms with Crippen molar-refractivity contribution in [3.8, 4) is 67.8 Å². The predicted octanol–water partition coefficient (Wildman–Crippen LogP) is 26.3. The van der Waals surface area contributed by atoms with Crippen LogP contribution in [0.15, 0.2) is 200 Å². The molecule has 1 aliphatic heterocycles. The third kappa shape index (κ3) is 10.8. The molecule has 0 fully saturated rings. The van der Waals surface area contributed by atoms with Gasteiger partial charge in [0, 0.05) is 39.2 Å². The van der Waals surface area contributed by atoms with Gasteiger partial charge < -0.3 is 19.4 Å². The van der Waals surface area contributed by atoms with Crippen molar-refractivity contribution in [2.75, 3.05) is 0 Å². The van der Waals surface area contributed by atoms with Gasteiger partial charge in [-0.1, -0.05) is 178 Å². The Bertz CT molecular complexity index is 5750.